The highest BCUT2D eigenvalue weighted by molar-refractivity contribution is 5.23. The molecule has 0 saturated carbocycles. The third-order valence-corrected chi connectivity index (χ3v) is 4.67. The molecular weight excluding hydrogens is 298 g/mol. The van der Waals surface area contributed by atoms with Crippen LogP contribution in [0, 0.1) is 6.92 Å². The van der Waals surface area contributed by atoms with E-state index in [1.54, 1.807) is 0 Å². The highest BCUT2D eigenvalue weighted by Gasteiger charge is 2.16. The Bertz CT molecular complexity index is 667. The van der Waals surface area contributed by atoms with E-state index in [9.17, 15) is 5.11 Å². The maximum Gasteiger partial charge on any atom is 0.0597 e. The summed E-state index contributed by atoms with van der Waals surface area (Å²) in [6, 6.07) is 11.1. The predicted molar refractivity (Wildman–Crippen MR) is 96.8 cm³/mol. The first-order chi connectivity index (χ1) is 11.4. The minimum absolute atomic E-state index is 0.591. The molecule has 1 N–H and O–H groups in total. The van der Waals surface area contributed by atoms with Crippen molar-refractivity contribution in [3.05, 3.63) is 52.8 Å². The van der Waals surface area contributed by atoms with E-state index in [-0.39, 0.29) is 0 Å². The maximum atomic E-state index is 9.84. The number of hydrogen-bond donors (Lipinski definition) is 1. The van der Waals surface area contributed by atoms with Gasteiger partial charge in [-0.2, -0.15) is 5.10 Å². The van der Waals surface area contributed by atoms with E-state index in [0.29, 0.717) is 0 Å². The van der Waals surface area contributed by atoms with Crippen molar-refractivity contribution < 1.29 is 5.11 Å². The van der Waals surface area contributed by atoms with Crippen molar-refractivity contribution in [2.45, 2.75) is 65.3 Å². The highest BCUT2D eigenvalue weighted by Crippen LogP contribution is 2.18. The van der Waals surface area contributed by atoms with Crippen molar-refractivity contribution >= 4 is 0 Å². The van der Waals surface area contributed by atoms with Gasteiger partial charge in [0.2, 0.25) is 0 Å². The summed E-state index contributed by atoms with van der Waals surface area (Å²) in [7, 11) is 0. The van der Waals surface area contributed by atoms with Crippen LogP contribution >= 0.6 is 0 Å². The van der Waals surface area contributed by atoms with Crippen molar-refractivity contribution in [2.75, 3.05) is 6.54 Å². The van der Waals surface area contributed by atoms with Crippen molar-refractivity contribution in [2.24, 2.45) is 0 Å². The Balaban J connectivity index is 1.59. The Labute approximate surface area is 145 Å². The summed E-state index contributed by atoms with van der Waals surface area (Å²) in [5.41, 5.74) is 4.50. The third-order valence-electron chi connectivity index (χ3n) is 4.67. The van der Waals surface area contributed by atoms with Gasteiger partial charge in [-0.15, -0.1) is 0 Å². The standard InChI is InChI=1S/C20H29N3O/c1-16-13-19-15-22(11-4-12-23(19)21-16)14-18-7-5-17(6-8-18)9-10-20(2,3)24/h5-8,13,24H,4,9-12,14-15H2,1-3H3. The zero-order chi connectivity index (χ0) is 17.2. The van der Waals surface area contributed by atoms with E-state index in [1.807, 2.05) is 13.8 Å². The summed E-state index contributed by atoms with van der Waals surface area (Å²) in [5, 5.41) is 14.4. The third kappa shape index (κ3) is 4.68. The molecule has 0 spiro atoms. The van der Waals surface area contributed by atoms with Crippen LogP contribution in [0.1, 0.15) is 49.2 Å². The molecule has 0 bridgehead atoms. The topological polar surface area (TPSA) is 41.3 Å². The van der Waals surface area contributed by atoms with Gasteiger partial charge in [-0.3, -0.25) is 9.58 Å². The molecule has 0 amide bonds. The molecule has 4 nitrogen and oxygen atoms in total. The number of hydrogen-bond acceptors (Lipinski definition) is 3. The highest BCUT2D eigenvalue weighted by atomic mass is 16.3. The van der Waals surface area contributed by atoms with Crippen LogP contribution in [0.3, 0.4) is 0 Å². The second kappa shape index (κ2) is 7.08. The minimum Gasteiger partial charge on any atom is -0.390 e. The van der Waals surface area contributed by atoms with E-state index >= 15 is 0 Å². The summed E-state index contributed by atoms with van der Waals surface area (Å²) in [6.07, 6.45) is 2.87. The lowest BCUT2D eigenvalue weighted by molar-refractivity contribution is 0.0714. The fourth-order valence-corrected chi connectivity index (χ4v) is 3.33. The molecule has 0 atom stereocenters. The van der Waals surface area contributed by atoms with Gasteiger partial charge in [-0.25, -0.2) is 0 Å². The van der Waals surface area contributed by atoms with Crippen molar-refractivity contribution in [1.29, 1.82) is 0 Å². The molecule has 1 aromatic carbocycles. The van der Waals surface area contributed by atoms with Gasteiger partial charge in [0.25, 0.3) is 0 Å². The molecule has 0 fully saturated rings. The average molecular weight is 327 g/mol. The first-order valence-corrected chi connectivity index (χ1v) is 8.95. The Morgan fingerprint density at radius 2 is 1.83 bits per heavy atom. The van der Waals surface area contributed by atoms with Gasteiger partial charge >= 0.3 is 0 Å². The smallest absolute Gasteiger partial charge is 0.0597 e. The summed E-state index contributed by atoms with van der Waals surface area (Å²) < 4.78 is 2.16. The Kier molecular flexibility index (Phi) is 5.07. The van der Waals surface area contributed by atoms with Crippen LogP contribution in [0.2, 0.25) is 0 Å². The van der Waals surface area contributed by atoms with Crippen LogP contribution in [0.15, 0.2) is 30.3 Å². The number of rotatable bonds is 5. The predicted octanol–water partition coefficient (Wildman–Crippen LogP) is 3.30. The Hall–Kier alpha value is -1.65. The van der Waals surface area contributed by atoms with Gasteiger partial charge < -0.3 is 5.11 Å². The quantitative estimate of drug-likeness (QED) is 0.916. The van der Waals surface area contributed by atoms with Crippen LogP contribution < -0.4 is 0 Å². The number of aromatic nitrogens is 2. The molecule has 2 heterocycles. The first kappa shape index (κ1) is 17.2. The lowest BCUT2D eigenvalue weighted by Crippen LogP contribution is -2.22. The van der Waals surface area contributed by atoms with E-state index in [4.69, 9.17) is 0 Å². The molecule has 1 aromatic heterocycles. The molecule has 0 saturated heterocycles. The fourth-order valence-electron chi connectivity index (χ4n) is 3.33. The van der Waals surface area contributed by atoms with Crippen LogP contribution in [0.4, 0.5) is 0 Å². The van der Waals surface area contributed by atoms with Gasteiger partial charge in [0.05, 0.1) is 17.0 Å². The molecule has 130 valence electrons. The Morgan fingerprint density at radius 1 is 1.12 bits per heavy atom. The lowest BCUT2D eigenvalue weighted by atomic mass is 9.98. The van der Waals surface area contributed by atoms with Gasteiger partial charge in [-0.1, -0.05) is 24.3 Å². The first-order valence-electron chi connectivity index (χ1n) is 8.95. The number of fused-ring (bicyclic) bond motifs is 1. The van der Waals surface area contributed by atoms with E-state index in [0.717, 1.165) is 51.1 Å². The molecule has 2 aromatic rings. The van der Waals surface area contributed by atoms with Crippen LogP contribution in [-0.2, 0) is 26.1 Å². The fraction of sp³-hybridized carbons (Fsp3) is 0.550. The number of aryl methyl sites for hydroxylation is 3. The summed E-state index contributed by atoms with van der Waals surface area (Å²) >= 11 is 0. The largest absolute Gasteiger partial charge is 0.390 e. The second-order valence-corrected chi connectivity index (χ2v) is 7.69. The van der Waals surface area contributed by atoms with Gasteiger partial charge in [0.1, 0.15) is 0 Å². The van der Waals surface area contributed by atoms with Crippen LogP contribution in [0.25, 0.3) is 0 Å². The molecule has 1 aliphatic rings. The summed E-state index contributed by atoms with van der Waals surface area (Å²) in [4.78, 5) is 2.51. The second-order valence-electron chi connectivity index (χ2n) is 7.69. The number of aliphatic hydroxyl groups is 1. The van der Waals surface area contributed by atoms with Crippen molar-refractivity contribution in [1.82, 2.24) is 14.7 Å². The van der Waals surface area contributed by atoms with E-state index in [1.165, 1.54) is 16.8 Å². The van der Waals surface area contributed by atoms with E-state index < -0.39 is 5.60 Å². The van der Waals surface area contributed by atoms with Gasteiger partial charge in [-0.05, 0) is 57.2 Å². The molecule has 0 aliphatic carbocycles. The minimum atomic E-state index is -0.591. The lowest BCUT2D eigenvalue weighted by Gasteiger charge is -2.20. The van der Waals surface area contributed by atoms with Crippen LogP contribution in [-0.4, -0.2) is 31.9 Å². The number of benzene rings is 1. The molecule has 0 unspecified atom stereocenters. The number of nitrogens with zero attached hydrogens (tertiary/aromatic N) is 3. The zero-order valence-corrected chi connectivity index (χ0v) is 15.1. The summed E-state index contributed by atoms with van der Waals surface area (Å²) in [5.74, 6) is 0. The van der Waals surface area contributed by atoms with Crippen LogP contribution in [0.5, 0.6) is 0 Å². The maximum absolute atomic E-state index is 9.84. The van der Waals surface area contributed by atoms with Gasteiger partial charge in [0, 0.05) is 26.2 Å². The van der Waals surface area contributed by atoms with Gasteiger partial charge in [0.15, 0.2) is 0 Å². The average Bonchev–Trinajstić information content (AvgIpc) is 2.75. The Morgan fingerprint density at radius 3 is 2.54 bits per heavy atom. The molecule has 0 radical (unpaired) electrons. The van der Waals surface area contributed by atoms with Crippen molar-refractivity contribution in [3.63, 3.8) is 0 Å². The molecular formula is C20H29N3O. The molecule has 1 aliphatic heterocycles. The van der Waals surface area contributed by atoms with Crippen molar-refractivity contribution in [3.8, 4) is 0 Å². The van der Waals surface area contributed by atoms with E-state index in [2.05, 4.69) is 51.9 Å². The SMILES string of the molecule is Cc1cc2n(n1)CCCN(Cc1ccc(CCC(C)(C)O)cc1)C2. The normalized spacial score (nSPS) is 16.0. The monoisotopic (exact) mass is 327 g/mol. The summed E-state index contributed by atoms with van der Waals surface area (Å²) in [6.45, 7) is 9.90. The molecule has 3 rings (SSSR count). The zero-order valence-electron chi connectivity index (χ0n) is 15.1. The molecule has 4 heteroatoms. The molecule has 24 heavy (non-hydrogen) atoms.